The summed E-state index contributed by atoms with van der Waals surface area (Å²) in [7, 11) is 0. The zero-order valence-electron chi connectivity index (χ0n) is 12.6. The first-order chi connectivity index (χ1) is 10.1. The number of hydrogen-bond donors (Lipinski definition) is 1. The van der Waals surface area contributed by atoms with Crippen LogP contribution in [0.25, 0.3) is 0 Å². The van der Waals surface area contributed by atoms with Crippen molar-refractivity contribution in [2.75, 3.05) is 19.8 Å². The average molecular weight is 354 g/mol. The van der Waals surface area contributed by atoms with Gasteiger partial charge in [0.2, 0.25) is 0 Å². The van der Waals surface area contributed by atoms with E-state index in [1.807, 2.05) is 0 Å². The van der Waals surface area contributed by atoms with Gasteiger partial charge in [0.1, 0.15) is 0 Å². The van der Waals surface area contributed by atoms with E-state index in [-0.39, 0.29) is 11.6 Å². The molecule has 3 rings (SSSR count). The Morgan fingerprint density at radius 2 is 2.05 bits per heavy atom. The lowest BCUT2D eigenvalue weighted by molar-refractivity contribution is -0.149. The van der Waals surface area contributed by atoms with Crippen molar-refractivity contribution in [2.45, 2.75) is 44.2 Å². The van der Waals surface area contributed by atoms with Crippen LogP contribution in [0.4, 0.5) is 0 Å². The van der Waals surface area contributed by atoms with Crippen molar-refractivity contribution in [3.8, 4) is 0 Å². The predicted octanol–water partition coefficient (Wildman–Crippen LogP) is 3.73. The third-order valence-electron chi connectivity index (χ3n) is 5.03. The maximum atomic E-state index is 6.61. The molecule has 1 aromatic rings. The number of rotatable bonds is 2. The molecule has 2 N–H and O–H groups in total. The molecule has 2 aliphatic rings. The van der Waals surface area contributed by atoms with E-state index in [2.05, 4.69) is 41.1 Å². The van der Waals surface area contributed by atoms with Gasteiger partial charge in [0.25, 0.3) is 0 Å². The highest BCUT2D eigenvalue weighted by molar-refractivity contribution is 9.10. The van der Waals surface area contributed by atoms with E-state index in [1.54, 1.807) is 0 Å². The number of halogens is 1. The van der Waals surface area contributed by atoms with E-state index >= 15 is 0 Å². The van der Waals surface area contributed by atoms with Crippen molar-refractivity contribution in [3.05, 3.63) is 33.8 Å². The Balaban J connectivity index is 1.76. The Morgan fingerprint density at radius 3 is 2.76 bits per heavy atom. The van der Waals surface area contributed by atoms with Gasteiger partial charge in [-0.1, -0.05) is 22.0 Å². The molecule has 0 radical (unpaired) electrons. The van der Waals surface area contributed by atoms with Crippen LogP contribution < -0.4 is 5.73 Å². The molecule has 0 bridgehead atoms. The van der Waals surface area contributed by atoms with Crippen LogP contribution in [0.15, 0.2) is 22.7 Å². The minimum atomic E-state index is 0.0159. The lowest BCUT2D eigenvalue weighted by atomic mass is 9.76. The normalized spacial score (nSPS) is 26.7. The number of hydrogen-bond acceptors (Lipinski definition) is 3. The summed E-state index contributed by atoms with van der Waals surface area (Å²) in [4.78, 5) is 0. The Morgan fingerprint density at radius 1 is 1.29 bits per heavy atom. The van der Waals surface area contributed by atoms with Gasteiger partial charge in [-0.25, -0.2) is 0 Å². The minimum Gasteiger partial charge on any atom is -0.381 e. The monoisotopic (exact) mass is 353 g/mol. The molecule has 1 spiro atoms. The van der Waals surface area contributed by atoms with E-state index in [0.717, 1.165) is 50.0 Å². The van der Waals surface area contributed by atoms with Crippen LogP contribution in [-0.2, 0) is 9.47 Å². The van der Waals surface area contributed by atoms with Gasteiger partial charge >= 0.3 is 0 Å². The van der Waals surface area contributed by atoms with E-state index in [4.69, 9.17) is 15.2 Å². The Bertz CT molecular complexity index is 494. The molecule has 2 unspecified atom stereocenters. The topological polar surface area (TPSA) is 44.5 Å². The summed E-state index contributed by atoms with van der Waals surface area (Å²) in [5, 5.41) is 0. The Kier molecular flexibility index (Phi) is 4.69. The average Bonchev–Trinajstić information content (AvgIpc) is 2.47. The van der Waals surface area contributed by atoms with E-state index in [9.17, 15) is 0 Å². The molecule has 116 valence electrons. The van der Waals surface area contributed by atoms with Gasteiger partial charge in [0, 0.05) is 30.3 Å². The maximum Gasteiger partial charge on any atom is 0.0729 e. The second-order valence-electron chi connectivity index (χ2n) is 6.42. The van der Waals surface area contributed by atoms with E-state index in [0.29, 0.717) is 5.92 Å². The summed E-state index contributed by atoms with van der Waals surface area (Å²) >= 11 is 3.52. The zero-order valence-corrected chi connectivity index (χ0v) is 14.2. The zero-order chi connectivity index (χ0) is 14.9. The molecule has 0 aromatic heterocycles. The van der Waals surface area contributed by atoms with Crippen LogP contribution in [0.1, 0.15) is 42.9 Å². The molecular formula is C17H24BrNO2. The highest BCUT2D eigenvalue weighted by Gasteiger charge is 2.40. The molecule has 2 atom stereocenters. The van der Waals surface area contributed by atoms with Crippen LogP contribution in [0.5, 0.6) is 0 Å². The molecule has 2 fully saturated rings. The standard InChI is InChI=1S/C17H24BrNO2/c1-12-10-14(18)2-3-15(12)16(19)13-4-7-21-17(11-13)5-8-20-9-6-17/h2-3,10,13,16H,4-9,11,19H2,1H3. The first-order valence-corrected chi connectivity index (χ1v) is 8.62. The summed E-state index contributed by atoms with van der Waals surface area (Å²) < 4.78 is 12.7. The predicted molar refractivity (Wildman–Crippen MR) is 87.3 cm³/mol. The van der Waals surface area contributed by atoms with Crippen molar-refractivity contribution in [1.82, 2.24) is 0 Å². The molecular weight excluding hydrogens is 330 g/mol. The second kappa shape index (κ2) is 6.37. The Hall–Kier alpha value is -0.420. The molecule has 0 amide bonds. The summed E-state index contributed by atoms with van der Waals surface area (Å²) in [6.45, 7) is 4.61. The van der Waals surface area contributed by atoms with Gasteiger partial charge in [-0.3, -0.25) is 0 Å². The number of benzene rings is 1. The third kappa shape index (κ3) is 3.34. The number of ether oxygens (including phenoxy) is 2. The lowest BCUT2D eigenvalue weighted by Gasteiger charge is -2.45. The largest absolute Gasteiger partial charge is 0.381 e. The molecule has 21 heavy (non-hydrogen) atoms. The van der Waals surface area contributed by atoms with Gasteiger partial charge < -0.3 is 15.2 Å². The molecule has 2 heterocycles. The SMILES string of the molecule is Cc1cc(Br)ccc1C(N)C1CCOC2(CCOCC2)C1. The quantitative estimate of drug-likeness (QED) is 0.880. The van der Waals surface area contributed by atoms with E-state index < -0.39 is 0 Å². The van der Waals surface area contributed by atoms with Crippen molar-refractivity contribution in [1.29, 1.82) is 0 Å². The van der Waals surface area contributed by atoms with Crippen molar-refractivity contribution in [2.24, 2.45) is 11.7 Å². The molecule has 2 saturated heterocycles. The van der Waals surface area contributed by atoms with Gasteiger partial charge in [-0.15, -0.1) is 0 Å². The van der Waals surface area contributed by atoms with Crippen molar-refractivity contribution >= 4 is 15.9 Å². The summed E-state index contributed by atoms with van der Waals surface area (Å²) in [6, 6.07) is 6.50. The minimum absolute atomic E-state index is 0.0159. The van der Waals surface area contributed by atoms with Crippen LogP contribution in [0, 0.1) is 12.8 Å². The van der Waals surface area contributed by atoms with E-state index in [1.165, 1.54) is 11.1 Å². The molecule has 2 aliphatic heterocycles. The first kappa shape index (κ1) is 15.5. The summed E-state index contributed by atoms with van der Waals surface area (Å²) in [5.41, 5.74) is 9.16. The fraction of sp³-hybridized carbons (Fsp3) is 0.647. The molecule has 0 aliphatic carbocycles. The van der Waals surface area contributed by atoms with Gasteiger partial charge in [-0.2, -0.15) is 0 Å². The van der Waals surface area contributed by atoms with Crippen molar-refractivity contribution < 1.29 is 9.47 Å². The second-order valence-corrected chi connectivity index (χ2v) is 7.34. The highest BCUT2D eigenvalue weighted by atomic mass is 79.9. The van der Waals surface area contributed by atoms with Crippen LogP contribution in [-0.4, -0.2) is 25.4 Å². The maximum absolute atomic E-state index is 6.61. The van der Waals surface area contributed by atoms with Crippen LogP contribution >= 0.6 is 15.9 Å². The lowest BCUT2D eigenvalue weighted by Crippen LogP contribution is -2.46. The first-order valence-electron chi connectivity index (χ1n) is 7.83. The number of nitrogens with two attached hydrogens (primary N) is 1. The molecule has 3 nitrogen and oxygen atoms in total. The molecule has 1 aromatic carbocycles. The highest BCUT2D eigenvalue weighted by Crippen LogP contribution is 2.41. The van der Waals surface area contributed by atoms with Crippen LogP contribution in [0.2, 0.25) is 0 Å². The van der Waals surface area contributed by atoms with Gasteiger partial charge in [-0.05, 0) is 61.8 Å². The smallest absolute Gasteiger partial charge is 0.0729 e. The van der Waals surface area contributed by atoms with Gasteiger partial charge in [0.05, 0.1) is 5.60 Å². The summed E-state index contributed by atoms with van der Waals surface area (Å²) in [5.74, 6) is 0.497. The number of aryl methyl sites for hydroxylation is 1. The molecule has 4 heteroatoms. The third-order valence-corrected chi connectivity index (χ3v) is 5.53. The Labute approximate surface area is 135 Å². The van der Waals surface area contributed by atoms with Crippen molar-refractivity contribution in [3.63, 3.8) is 0 Å². The van der Waals surface area contributed by atoms with Gasteiger partial charge in [0.15, 0.2) is 0 Å². The fourth-order valence-corrected chi connectivity index (χ4v) is 4.21. The van der Waals surface area contributed by atoms with Crippen LogP contribution in [0.3, 0.4) is 0 Å². The summed E-state index contributed by atoms with van der Waals surface area (Å²) in [6.07, 6.45) is 4.14. The fourth-order valence-electron chi connectivity index (χ4n) is 3.73. The molecule has 0 saturated carbocycles.